The number of allylic oxidation sites excluding steroid dienone is 3. The number of hydrogen-bond donors (Lipinski definition) is 0. The third-order valence-electron chi connectivity index (χ3n) is 1.66. The van der Waals surface area contributed by atoms with Gasteiger partial charge in [-0.2, -0.15) is 0 Å². The predicted molar refractivity (Wildman–Crippen MR) is 66.3 cm³/mol. The van der Waals surface area contributed by atoms with Gasteiger partial charge in [0.25, 0.3) is 0 Å². The first-order valence-corrected chi connectivity index (χ1v) is 5.26. The van der Waals surface area contributed by atoms with E-state index in [0.29, 0.717) is 10.2 Å². The standard InChI is InChI=1S/C12H10BrNO2/c1-2-11(15)7-9(13)8-14-10-3-5-12(16)6-4-10/h2-8,16H,1H2/p-1/b9-7-,14-8?. The molecule has 0 radical (unpaired) electrons. The van der Waals surface area contributed by atoms with Crippen molar-refractivity contribution >= 4 is 33.6 Å². The largest absolute Gasteiger partial charge is 0.872 e. The molecule has 1 aromatic carbocycles. The summed E-state index contributed by atoms with van der Waals surface area (Å²) in [7, 11) is 0. The molecule has 0 aromatic heterocycles. The van der Waals surface area contributed by atoms with Crippen molar-refractivity contribution in [2.24, 2.45) is 4.99 Å². The second-order valence-electron chi connectivity index (χ2n) is 2.89. The Morgan fingerprint density at radius 3 is 2.56 bits per heavy atom. The van der Waals surface area contributed by atoms with Crippen LogP contribution < -0.4 is 5.11 Å². The summed E-state index contributed by atoms with van der Waals surface area (Å²) in [6, 6.07) is 6.07. The van der Waals surface area contributed by atoms with Gasteiger partial charge in [0, 0.05) is 16.8 Å². The third-order valence-corrected chi connectivity index (χ3v) is 2.09. The number of ketones is 1. The number of carbonyl (C=O) groups excluding carboxylic acids is 1. The van der Waals surface area contributed by atoms with Gasteiger partial charge >= 0.3 is 0 Å². The van der Waals surface area contributed by atoms with Crippen molar-refractivity contribution in [2.75, 3.05) is 0 Å². The molecule has 0 bridgehead atoms. The van der Waals surface area contributed by atoms with Crippen LogP contribution in [0.25, 0.3) is 0 Å². The van der Waals surface area contributed by atoms with Gasteiger partial charge in [-0.05, 0) is 34.1 Å². The van der Waals surface area contributed by atoms with Crippen LogP contribution in [0.2, 0.25) is 0 Å². The first-order chi connectivity index (χ1) is 7.61. The first kappa shape index (κ1) is 12.4. The maximum atomic E-state index is 11.0. The van der Waals surface area contributed by atoms with E-state index in [4.69, 9.17) is 0 Å². The molecular formula is C12H9BrNO2-. The SMILES string of the molecule is C=CC(=O)/C=C(\Br)C=Nc1ccc([O-])cc1. The number of rotatable bonds is 4. The highest BCUT2D eigenvalue weighted by Gasteiger charge is 1.92. The molecule has 16 heavy (non-hydrogen) atoms. The van der Waals surface area contributed by atoms with Crippen molar-refractivity contribution in [2.45, 2.75) is 0 Å². The molecule has 0 aliphatic rings. The van der Waals surface area contributed by atoms with Crippen molar-refractivity contribution < 1.29 is 9.90 Å². The number of benzene rings is 1. The van der Waals surface area contributed by atoms with Crippen LogP contribution in [0.15, 0.2) is 52.5 Å². The van der Waals surface area contributed by atoms with Crippen molar-refractivity contribution in [3.63, 3.8) is 0 Å². The Morgan fingerprint density at radius 2 is 2.00 bits per heavy atom. The first-order valence-electron chi connectivity index (χ1n) is 4.46. The van der Waals surface area contributed by atoms with Gasteiger partial charge in [-0.25, -0.2) is 0 Å². The average molecular weight is 279 g/mol. The van der Waals surface area contributed by atoms with Crippen LogP contribution in [-0.4, -0.2) is 12.0 Å². The molecule has 3 nitrogen and oxygen atoms in total. The molecule has 4 heteroatoms. The van der Waals surface area contributed by atoms with Crippen LogP contribution in [0.1, 0.15) is 0 Å². The lowest BCUT2D eigenvalue weighted by atomic mass is 10.3. The minimum absolute atomic E-state index is 0.0598. The van der Waals surface area contributed by atoms with Gasteiger partial charge in [0.05, 0.1) is 5.69 Å². The summed E-state index contributed by atoms with van der Waals surface area (Å²) in [4.78, 5) is 15.0. The topological polar surface area (TPSA) is 52.5 Å². The molecule has 0 atom stereocenters. The van der Waals surface area contributed by atoms with Crippen LogP contribution in [0.3, 0.4) is 0 Å². The molecule has 0 saturated carbocycles. The quantitative estimate of drug-likeness (QED) is 0.628. The summed E-state index contributed by atoms with van der Waals surface area (Å²) >= 11 is 3.17. The Hall–Kier alpha value is -1.68. The highest BCUT2D eigenvalue weighted by Crippen LogP contribution is 2.15. The Balaban J connectivity index is 2.73. The summed E-state index contributed by atoms with van der Waals surface area (Å²) in [6.45, 7) is 3.35. The lowest BCUT2D eigenvalue weighted by molar-refractivity contribution is -0.268. The van der Waals surface area contributed by atoms with E-state index >= 15 is 0 Å². The second-order valence-corrected chi connectivity index (χ2v) is 3.80. The van der Waals surface area contributed by atoms with Crippen molar-refractivity contribution in [1.29, 1.82) is 0 Å². The number of halogens is 1. The van der Waals surface area contributed by atoms with E-state index in [1.807, 2.05) is 0 Å². The van der Waals surface area contributed by atoms with Gasteiger partial charge in [0.2, 0.25) is 0 Å². The van der Waals surface area contributed by atoms with Gasteiger partial charge in [-0.3, -0.25) is 9.79 Å². The zero-order valence-corrected chi connectivity index (χ0v) is 9.98. The van der Waals surface area contributed by atoms with E-state index < -0.39 is 0 Å². The van der Waals surface area contributed by atoms with Crippen LogP contribution in [-0.2, 0) is 4.79 Å². The van der Waals surface area contributed by atoms with Crippen LogP contribution in [0.4, 0.5) is 5.69 Å². The van der Waals surface area contributed by atoms with E-state index in [-0.39, 0.29) is 11.5 Å². The summed E-state index contributed by atoms with van der Waals surface area (Å²) in [6.07, 6.45) is 4.06. The minimum atomic E-state index is -0.201. The minimum Gasteiger partial charge on any atom is -0.872 e. The summed E-state index contributed by atoms with van der Waals surface area (Å²) in [5, 5.41) is 10.8. The van der Waals surface area contributed by atoms with Crippen molar-refractivity contribution in [3.8, 4) is 5.75 Å². The molecule has 0 aliphatic heterocycles. The summed E-state index contributed by atoms with van der Waals surface area (Å²) in [5.41, 5.74) is 0.649. The van der Waals surface area contributed by atoms with Crippen molar-refractivity contribution in [3.05, 3.63) is 47.5 Å². The Morgan fingerprint density at radius 1 is 1.38 bits per heavy atom. The fourth-order valence-corrected chi connectivity index (χ4v) is 1.23. The van der Waals surface area contributed by atoms with E-state index in [0.717, 1.165) is 0 Å². The van der Waals surface area contributed by atoms with Gasteiger partial charge in [0.1, 0.15) is 0 Å². The fraction of sp³-hybridized carbons (Fsp3) is 0. The molecule has 0 fully saturated rings. The zero-order valence-electron chi connectivity index (χ0n) is 8.39. The van der Waals surface area contributed by atoms with Gasteiger partial charge in [-0.15, -0.1) is 5.75 Å². The molecule has 82 valence electrons. The summed E-state index contributed by atoms with van der Waals surface area (Å²) in [5.74, 6) is -0.261. The van der Waals surface area contributed by atoms with E-state index in [9.17, 15) is 9.90 Å². The Labute approximate surface area is 102 Å². The highest BCUT2D eigenvalue weighted by atomic mass is 79.9. The molecule has 1 aromatic rings. The lowest BCUT2D eigenvalue weighted by Gasteiger charge is -2.02. The van der Waals surface area contributed by atoms with Crippen LogP contribution in [0, 0.1) is 0 Å². The molecule has 0 heterocycles. The smallest absolute Gasteiger partial charge is 0.179 e. The summed E-state index contributed by atoms with van der Waals surface area (Å²) < 4.78 is 0.545. The zero-order chi connectivity index (χ0) is 12.0. The number of hydrogen-bond acceptors (Lipinski definition) is 3. The van der Waals surface area contributed by atoms with Gasteiger partial charge in [0.15, 0.2) is 5.78 Å². The molecule has 0 saturated heterocycles. The average Bonchev–Trinajstić information content (AvgIpc) is 2.28. The predicted octanol–water partition coefficient (Wildman–Crippen LogP) is 2.50. The molecular weight excluding hydrogens is 270 g/mol. The number of carbonyl (C=O) groups is 1. The van der Waals surface area contributed by atoms with Crippen molar-refractivity contribution in [1.82, 2.24) is 0 Å². The number of aliphatic imine (C=N–C) groups is 1. The normalized spacial score (nSPS) is 11.7. The van der Waals surface area contributed by atoms with E-state index in [1.165, 1.54) is 30.5 Å². The monoisotopic (exact) mass is 278 g/mol. The third kappa shape index (κ3) is 4.23. The second kappa shape index (κ2) is 6.02. The molecule has 0 amide bonds. The molecule has 0 spiro atoms. The molecule has 0 aliphatic carbocycles. The molecule has 0 unspecified atom stereocenters. The molecule has 0 N–H and O–H groups in total. The van der Waals surface area contributed by atoms with Crippen LogP contribution in [0.5, 0.6) is 5.75 Å². The van der Waals surface area contributed by atoms with Gasteiger partial charge < -0.3 is 5.11 Å². The van der Waals surface area contributed by atoms with E-state index in [1.54, 1.807) is 12.1 Å². The van der Waals surface area contributed by atoms with Crippen LogP contribution >= 0.6 is 15.9 Å². The Bertz CT molecular complexity index is 447. The molecule has 1 rings (SSSR count). The lowest BCUT2D eigenvalue weighted by Crippen LogP contribution is -1.87. The maximum absolute atomic E-state index is 11.0. The Kier molecular flexibility index (Phi) is 4.66. The fourth-order valence-electron chi connectivity index (χ4n) is 0.901. The number of nitrogens with zero attached hydrogens (tertiary/aromatic N) is 1. The highest BCUT2D eigenvalue weighted by molar-refractivity contribution is 9.12. The van der Waals surface area contributed by atoms with E-state index in [2.05, 4.69) is 27.5 Å². The van der Waals surface area contributed by atoms with Gasteiger partial charge in [-0.1, -0.05) is 18.7 Å². The maximum Gasteiger partial charge on any atom is 0.179 e.